The number of ether oxygens (including phenoxy) is 2. The molecule has 1 aliphatic heterocycles. The number of aliphatic hydroxyl groups is 1. The van der Waals surface area contributed by atoms with E-state index in [1.165, 1.54) is 0 Å². The lowest BCUT2D eigenvalue weighted by Gasteiger charge is -2.39. The molecule has 4 nitrogen and oxygen atoms in total. The Morgan fingerprint density at radius 2 is 2.05 bits per heavy atom. The van der Waals surface area contributed by atoms with Crippen molar-refractivity contribution >= 4 is 5.97 Å². The van der Waals surface area contributed by atoms with Gasteiger partial charge in [0.1, 0.15) is 6.61 Å². The van der Waals surface area contributed by atoms with Crippen LogP contribution in [0.4, 0.5) is 0 Å². The minimum absolute atomic E-state index is 0.145. The van der Waals surface area contributed by atoms with Gasteiger partial charge in [-0.25, -0.2) is 4.79 Å². The number of rotatable bonds is 4. The van der Waals surface area contributed by atoms with E-state index < -0.39 is 6.10 Å². The third-order valence-electron chi connectivity index (χ3n) is 3.97. The van der Waals surface area contributed by atoms with Crippen molar-refractivity contribution in [1.29, 1.82) is 0 Å². The Morgan fingerprint density at radius 1 is 1.38 bits per heavy atom. The SMILES string of the molecule is CC(C)[C@@H]1O[C@H](COC(=O)c2ccccc2)C[C@H](C)[C@H]1O. The molecule has 0 unspecified atom stereocenters. The molecule has 0 amide bonds. The standard InChI is InChI=1S/C17H24O4/c1-11(2)16-15(18)12(3)9-14(21-16)10-20-17(19)13-7-5-4-6-8-13/h4-8,11-12,14-16,18H,9-10H2,1-3H3/t12-,14-,15+,16-/m0/s1. The molecule has 4 atom stereocenters. The van der Waals surface area contributed by atoms with Crippen LogP contribution in [0.5, 0.6) is 0 Å². The van der Waals surface area contributed by atoms with E-state index in [0.29, 0.717) is 12.0 Å². The number of carbonyl (C=O) groups excluding carboxylic acids is 1. The van der Waals surface area contributed by atoms with Gasteiger partial charge in [-0.3, -0.25) is 0 Å². The first-order valence-corrected chi connectivity index (χ1v) is 7.54. The summed E-state index contributed by atoms with van der Waals surface area (Å²) in [6.45, 7) is 6.29. The Morgan fingerprint density at radius 3 is 2.67 bits per heavy atom. The second-order valence-electron chi connectivity index (χ2n) is 6.13. The second kappa shape index (κ2) is 7.05. The van der Waals surface area contributed by atoms with Crippen molar-refractivity contribution in [2.24, 2.45) is 11.8 Å². The van der Waals surface area contributed by atoms with Gasteiger partial charge in [0.15, 0.2) is 0 Å². The van der Waals surface area contributed by atoms with Gasteiger partial charge in [0.2, 0.25) is 0 Å². The van der Waals surface area contributed by atoms with Gasteiger partial charge >= 0.3 is 5.97 Å². The molecule has 2 rings (SSSR count). The topological polar surface area (TPSA) is 55.8 Å². The van der Waals surface area contributed by atoms with Crippen LogP contribution in [0, 0.1) is 11.8 Å². The maximum Gasteiger partial charge on any atom is 0.338 e. The summed E-state index contributed by atoms with van der Waals surface area (Å²) >= 11 is 0. The number of esters is 1. The predicted molar refractivity (Wildman–Crippen MR) is 80.0 cm³/mol. The molecule has 1 aromatic carbocycles. The van der Waals surface area contributed by atoms with E-state index in [1.807, 2.05) is 26.8 Å². The van der Waals surface area contributed by atoms with Crippen LogP contribution in [0.15, 0.2) is 30.3 Å². The van der Waals surface area contributed by atoms with Gasteiger partial charge in [0.25, 0.3) is 0 Å². The van der Waals surface area contributed by atoms with E-state index in [9.17, 15) is 9.90 Å². The average Bonchev–Trinajstić information content (AvgIpc) is 2.48. The van der Waals surface area contributed by atoms with Crippen LogP contribution in [0.2, 0.25) is 0 Å². The second-order valence-corrected chi connectivity index (χ2v) is 6.13. The molecule has 1 aromatic rings. The van der Waals surface area contributed by atoms with Crippen molar-refractivity contribution < 1.29 is 19.4 Å². The fourth-order valence-corrected chi connectivity index (χ4v) is 2.72. The predicted octanol–water partition coefficient (Wildman–Crippen LogP) is 2.65. The summed E-state index contributed by atoms with van der Waals surface area (Å²) in [6, 6.07) is 8.93. The first-order valence-electron chi connectivity index (χ1n) is 7.54. The van der Waals surface area contributed by atoms with Crippen molar-refractivity contribution in [2.45, 2.75) is 45.5 Å². The molecule has 1 N–H and O–H groups in total. The summed E-state index contributed by atoms with van der Waals surface area (Å²) in [4.78, 5) is 11.9. The first-order chi connectivity index (χ1) is 9.99. The third-order valence-corrected chi connectivity index (χ3v) is 3.97. The number of carbonyl (C=O) groups is 1. The molecule has 0 radical (unpaired) electrons. The highest BCUT2D eigenvalue weighted by Crippen LogP contribution is 2.29. The lowest BCUT2D eigenvalue weighted by molar-refractivity contribution is -0.167. The van der Waals surface area contributed by atoms with Gasteiger partial charge in [-0.2, -0.15) is 0 Å². The molecule has 0 spiro atoms. The largest absolute Gasteiger partial charge is 0.459 e. The summed E-state index contributed by atoms with van der Waals surface area (Å²) in [5.41, 5.74) is 0.543. The molecular weight excluding hydrogens is 268 g/mol. The molecule has 1 heterocycles. The fourth-order valence-electron chi connectivity index (χ4n) is 2.72. The van der Waals surface area contributed by atoms with Crippen LogP contribution in [-0.4, -0.2) is 36.0 Å². The number of aliphatic hydroxyl groups excluding tert-OH is 1. The lowest BCUT2D eigenvalue weighted by Crippen LogP contribution is -2.48. The maximum absolute atomic E-state index is 11.9. The zero-order chi connectivity index (χ0) is 15.4. The number of hydrogen-bond donors (Lipinski definition) is 1. The molecule has 1 aliphatic rings. The van der Waals surface area contributed by atoms with Gasteiger partial charge in [0, 0.05) is 0 Å². The fraction of sp³-hybridized carbons (Fsp3) is 0.588. The summed E-state index contributed by atoms with van der Waals surface area (Å²) in [5, 5.41) is 10.1. The summed E-state index contributed by atoms with van der Waals surface area (Å²) in [7, 11) is 0. The van der Waals surface area contributed by atoms with Gasteiger partial charge in [-0.05, 0) is 30.4 Å². The molecule has 116 valence electrons. The Hall–Kier alpha value is -1.39. The molecule has 4 heteroatoms. The van der Waals surface area contributed by atoms with E-state index in [-0.39, 0.29) is 36.6 Å². The molecule has 21 heavy (non-hydrogen) atoms. The highest BCUT2D eigenvalue weighted by atomic mass is 16.6. The minimum Gasteiger partial charge on any atom is -0.459 e. The van der Waals surface area contributed by atoms with Crippen LogP contribution in [0.1, 0.15) is 37.6 Å². The Balaban J connectivity index is 1.90. The third kappa shape index (κ3) is 4.05. The first kappa shape index (κ1) is 16.0. The van der Waals surface area contributed by atoms with Gasteiger partial charge < -0.3 is 14.6 Å². The molecule has 0 aliphatic carbocycles. The molecular formula is C17H24O4. The minimum atomic E-state index is -0.453. The number of benzene rings is 1. The Labute approximate surface area is 126 Å². The molecule has 1 saturated heterocycles. The van der Waals surface area contributed by atoms with E-state index >= 15 is 0 Å². The lowest BCUT2D eigenvalue weighted by atomic mass is 9.86. The van der Waals surface area contributed by atoms with Crippen LogP contribution in [-0.2, 0) is 9.47 Å². The van der Waals surface area contributed by atoms with Crippen molar-refractivity contribution in [3.05, 3.63) is 35.9 Å². The average molecular weight is 292 g/mol. The van der Waals surface area contributed by atoms with Crippen molar-refractivity contribution in [1.82, 2.24) is 0 Å². The molecule has 0 saturated carbocycles. The van der Waals surface area contributed by atoms with E-state index in [1.54, 1.807) is 24.3 Å². The van der Waals surface area contributed by atoms with E-state index in [4.69, 9.17) is 9.47 Å². The van der Waals surface area contributed by atoms with Crippen LogP contribution in [0.25, 0.3) is 0 Å². The molecule has 0 bridgehead atoms. The zero-order valence-corrected chi connectivity index (χ0v) is 12.9. The maximum atomic E-state index is 11.9. The summed E-state index contributed by atoms with van der Waals surface area (Å²) < 4.78 is 11.2. The van der Waals surface area contributed by atoms with Crippen molar-refractivity contribution in [3.63, 3.8) is 0 Å². The summed E-state index contributed by atoms with van der Waals surface area (Å²) in [5.74, 6) is 0.0423. The van der Waals surface area contributed by atoms with Crippen molar-refractivity contribution in [2.75, 3.05) is 6.61 Å². The Kier molecular flexibility index (Phi) is 5.37. The van der Waals surface area contributed by atoms with Crippen LogP contribution in [0.3, 0.4) is 0 Å². The quantitative estimate of drug-likeness (QED) is 0.867. The highest BCUT2D eigenvalue weighted by molar-refractivity contribution is 5.89. The van der Waals surface area contributed by atoms with Crippen LogP contribution < -0.4 is 0 Å². The summed E-state index contributed by atoms with van der Waals surface area (Å²) in [6.07, 6.45) is -0.101. The smallest absolute Gasteiger partial charge is 0.338 e. The highest BCUT2D eigenvalue weighted by Gasteiger charge is 2.37. The normalized spacial score (nSPS) is 29.4. The van der Waals surface area contributed by atoms with Crippen LogP contribution >= 0.6 is 0 Å². The number of hydrogen-bond acceptors (Lipinski definition) is 4. The van der Waals surface area contributed by atoms with Crippen molar-refractivity contribution in [3.8, 4) is 0 Å². The molecule has 0 aromatic heterocycles. The van der Waals surface area contributed by atoms with Gasteiger partial charge in [-0.1, -0.05) is 39.0 Å². The zero-order valence-electron chi connectivity index (χ0n) is 12.9. The monoisotopic (exact) mass is 292 g/mol. The molecule has 1 fully saturated rings. The van der Waals surface area contributed by atoms with E-state index in [2.05, 4.69) is 0 Å². The van der Waals surface area contributed by atoms with Gasteiger partial charge in [0.05, 0.1) is 23.9 Å². The van der Waals surface area contributed by atoms with E-state index in [0.717, 1.165) is 0 Å². The Bertz CT molecular complexity index is 457. The van der Waals surface area contributed by atoms with Gasteiger partial charge in [-0.15, -0.1) is 0 Å².